The van der Waals surface area contributed by atoms with Gasteiger partial charge in [-0.25, -0.2) is 15.0 Å². The van der Waals surface area contributed by atoms with Crippen molar-refractivity contribution in [1.29, 1.82) is 0 Å². The summed E-state index contributed by atoms with van der Waals surface area (Å²) in [4.78, 5) is 27.6. The highest BCUT2D eigenvalue weighted by molar-refractivity contribution is 6.29. The Bertz CT molecular complexity index is 1020. The molecule has 2 aromatic heterocycles. The molecule has 4 bridgehead atoms. The molecule has 4 fully saturated rings. The fourth-order valence-electron chi connectivity index (χ4n) is 7.36. The molecule has 0 saturated heterocycles. The van der Waals surface area contributed by atoms with E-state index < -0.39 is 0 Å². The Morgan fingerprint density at radius 2 is 1.88 bits per heavy atom. The maximum atomic E-state index is 12.9. The molecule has 0 radical (unpaired) electrons. The van der Waals surface area contributed by atoms with Crippen LogP contribution in [0.25, 0.3) is 0 Å². The van der Waals surface area contributed by atoms with Gasteiger partial charge in [0.2, 0.25) is 0 Å². The number of carbonyl (C=O) groups excluding carboxylic acids is 1. The molecule has 1 unspecified atom stereocenters. The highest BCUT2D eigenvalue weighted by Crippen LogP contribution is 2.61. The predicted octanol–water partition coefficient (Wildman–Crippen LogP) is 3.71. The maximum absolute atomic E-state index is 12.9. The van der Waals surface area contributed by atoms with E-state index in [1.807, 2.05) is 0 Å². The second-order valence-corrected chi connectivity index (χ2v) is 11.1. The Morgan fingerprint density at radius 1 is 1.15 bits per heavy atom. The van der Waals surface area contributed by atoms with Gasteiger partial charge in [-0.2, -0.15) is 0 Å². The monoisotopic (exact) mass is 467 g/mol. The molecule has 4 aliphatic carbocycles. The van der Waals surface area contributed by atoms with E-state index in [0.717, 1.165) is 34.8 Å². The summed E-state index contributed by atoms with van der Waals surface area (Å²) in [6.45, 7) is 1.55. The van der Waals surface area contributed by atoms with Gasteiger partial charge in [-0.1, -0.05) is 11.6 Å². The third-order valence-electron chi connectivity index (χ3n) is 8.52. The van der Waals surface area contributed by atoms with E-state index in [-0.39, 0.29) is 17.4 Å². The number of fused-ring (bicyclic) bond motifs is 1. The number of aliphatic hydroxyl groups excluding tert-OH is 1. The van der Waals surface area contributed by atoms with Crippen LogP contribution in [0.4, 0.5) is 5.82 Å². The van der Waals surface area contributed by atoms with Gasteiger partial charge in [0, 0.05) is 24.8 Å². The normalized spacial score (nSPS) is 30.7. The van der Waals surface area contributed by atoms with Gasteiger partial charge in [-0.15, -0.1) is 0 Å². The zero-order valence-corrected chi connectivity index (χ0v) is 19.5. The smallest absolute Gasteiger partial charge is 0.255 e. The molecule has 4 saturated carbocycles. The van der Waals surface area contributed by atoms with Gasteiger partial charge in [0.15, 0.2) is 0 Å². The summed E-state index contributed by atoms with van der Waals surface area (Å²) in [6, 6.07) is 3.33. The van der Waals surface area contributed by atoms with Crippen LogP contribution in [0.1, 0.15) is 60.1 Å². The lowest BCUT2D eigenvalue weighted by Crippen LogP contribution is -2.53. The van der Waals surface area contributed by atoms with E-state index in [2.05, 4.69) is 20.3 Å². The van der Waals surface area contributed by atoms with Crippen LogP contribution < -0.4 is 5.32 Å². The van der Waals surface area contributed by atoms with E-state index in [0.29, 0.717) is 36.8 Å². The van der Waals surface area contributed by atoms with Gasteiger partial charge in [0.1, 0.15) is 17.3 Å². The molecule has 0 aromatic carbocycles. The average molecular weight is 468 g/mol. The molecule has 5 aliphatic rings. The average Bonchev–Trinajstić information content (AvgIpc) is 2.81. The van der Waals surface area contributed by atoms with Crippen molar-refractivity contribution >= 4 is 23.3 Å². The van der Waals surface area contributed by atoms with Crippen molar-refractivity contribution in [3.63, 3.8) is 0 Å². The molecule has 2 N–H and O–H groups in total. The van der Waals surface area contributed by atoms with Gasteiger partial charge in [0.05, 0.1) is 23.9 Å². The number of nitrogens with one attached hydrogen (secondary N) is 1. The van der Waals surface area contributed by atoms with E-state index in [4.69, 9.17) is 11.6 Å². The summed E-state index contributed by atoms with van der Waals surface area (Å²) in [5.74, 6) is 3.17. The zero-order chi connectivity index (χ0) is 22.6. The lowest BCUT2D eigenvalue weighted by Gasteiger charge is -2.58. The second kappa shape index (κ2) is 8.20. The lowest BCUT2D eigenvalue weighted by atomic mass is 9.48. The molecule has 0 spiro atoms. The van der Waals surface area contributed by atoms with Crippen LogP contribution in [-0.2, 0) is 13.0 Å². The molecule has 7 rings (SSSR count). The number of anilines is 1. The van der Waals surface area contributed by atoms with Crippen molar-refractivity contribution in [3.8, 4) is 0 Å². The van der Waals surface area contributed by atoms with Crippen molar-refractivity contribution < 1.29 is 9.90 Å². The summed E-state index contributed by atoms with van der Waals surface area (Å²) in [5.41, 5.74) is 2.52. The largest absolute Gasteiger partial charge is 0.391 e. The molecular formula is C25H30ClN5O2. The number of carbonyl (C=O) groups is 1. The Balaban J connectivity index is 1.13. The maximum Gasteiger partial charge on any atom is 0.255 e. The highest BCUT2D eigenvalue weighted by atomic mass is 35.5. The Kier molecular flexibility index (Phi) is 5.29. The zero-order valence-electron chi connectivity index (χ0n) is 18.7. The van der Waals surface area contributed by atoms with Gasteiger partial charge in [-0.05, 0) is 80.2 Å². The van der Waals surface area contributed by atoms with Gasteiger partial charge in [0.25, 0.3) is 5.91 Å². The first-order valence-corrected chi connectivity index (χ1v) is 12.5. The number of rotatable bonds is 5. The fourth-order valence-corrected chi connectivity index (χ4v) is 7.47. The highest BCUT2D eigenvalue weighted by Gasteiger charge is 2.53. The molecule has 1 aliphatic heterocycles. The number of pyridine rings is 1. The third-order valence-corrected chi connectivity index (χ3v) is 8.75. The SMILES string of the molecule is O=C(c1ccc(Cl)nc1)N1CCc2c(ncnc2NCC(O)C23CC4CC(CC(C4)C2)C3)C1. The molecule has 1 amide bonds. The fraction of sp³-hybridized carbons (Fsp3) is 0.600. The van der Waals surface area contributed by atoms with Crippen molar-refractivity contribution in [2.75, 3.05) is 18.4 Å². The van der Waals surface area contributed by atoms with E-state index >= 15 is 0 Å². The molecule has 33 heavy (non-hydrogen) atoms. The third kappa shape index (κ3) is 3.89. The molecular weight excluding hydrogens is 438 g/mol. The molecule has 8 heteroatoms. The van der Waals surface area contributed by atoms with Crippen molar-refractivity contribution in [3.05, 3.63) is 46.6 Å². The number of hydrogen-bond donors (Lipinski definition) is 2. The Morgan fingerprint density at radius 3 is 2.55 bits per heavy atom. The van der Waals surface area contributed by atoms with Crippen LogP contribution in [0.5, 0.6) is 0 Å². The minimum atomic E-state index is -0.351. The van der Waals surface area contributed by atoms with Gasteiger partial charge in [-0.3, -0.25) is 4.79 Å². The minimum absolute atomic E-state index is 0.0739. The summed E-state index contributed by atoms with van der Waals surface area (Å²) >= 11 is 5.85. The number of amides is 1. The number of aliphatic hydroxyl groups is 1. The summed E-state index contributed by atoms with van der Waals surface area (Å²) in [7, 11) is 0. The first kappa shape index (κ1) is 21.3. The summed E-state index contributed by atoms with van der Waals surface area (Å²) in [6.07, 6.45) is 11.1. The predicted molar refractivity (Wildman–Crippen MR) is 125 cm³/mol. The molecule has 174 valence electrons. The Labute approximate surface area is 199 Å². The van der Waals surface area contributed by atoms with Crippen molar-refractivity contribution in [1.82, 2.24) is 19.9 Å². The number of nitrogens with zero attached hydrogens (tertiary/aromatic N) is 4. The van der Waals surface area contributed by atoms with Gasteiger partial charge < -0.3 is 15.3 Å². The summed E-state index contributed by atoms with van der Waals surface area (Å²) < 4.78 is 0. The van der Waals surface area contributed by atoms with Crippen LogP contribution in [-0.4, -0.2) is 50.1 Å². The first-order chi connectivity index (χ1) is 16.0. The van der Waals surface area contributed by atoms with E-state index in [1.54, 1.807) is 23.4 Å². The first-order valence-electron chi connectivity index (χ1n) is 12.1. The molecule has 3 heterocycles. The molecule has 2 aromatic rings. The van der Waals surface area contributed by atoms with Crippen LogP contribution in [0.3, 0.4) is 0 Å². The topological polar surface area (TPSA) is 91.2 Å². The van der Waals surface area contributed by atoms with Crippen LogP contribution in [0.2, 0.25) is 5.15 Å². The van der Waals surface area contributed by atoms with Crippen molar-refractivity contribution in [2.24, 2.45) is 23.2 Å². The molecule has 1 atom stereocenters. The van der Waals surface area contributed by atoms with Crippen LogP contribution in [0.15, 0.2) is 24.7 Å². The van der Waals surface area contributed by atoms with Gasteiger partial charge >= 0.3 is 0 Å². The minimum Gasteiger partial charge on any atom is -0.391 e. The van der Waals surface area contributed by atoms with Crippen LogP contribution >= 0.6 is 11.6 Å². The second-order valence-electron chi connectivity index (χ2n) is 10.7. The standard InChI is InChI=1S/C25H30ClN5O2/c26-22-2-1-18(11-27-22)24(33)31-4-3-19-20(13-31)29-14-30-23(19)28-12-21(32)25-8-15-5-16(9-25)7-17(6-15)10-25/h1-2,11,14-17,21,32H,3-10,12-13H2,(H,28,29,30). The number of aromatic nitrogens is 3. The Hall–Kier alpha value is -2.25. The number of hydrogen-bond acceptors (Lipinski definition) is 6. The quantitative estimate of drug-likeness (QED) is 0.651. The number of halogens is 1. The van der Waals surface area contributed by atoms with E-state index in [1.165, 1.54) is 44.7 Å². The summed E-state index contributed by atoms with van der Waals surface area (Å²) in [5, 5.41) is 15.1. The lowest BCUT2D eigenvalue weighted by molar-refractivity contribution is -0.115. The van der Waals surface area contributed by atoms with Crippen LogP contribution in [0, 0.1) is 23.2 Å². The van der Waals surface area contributed by atoms with Crippen molar-refractivity contribution in [2.45, 2.75) is 57.6 Å². The van der Waals surface area contributed by atoms with E-state index in [9.17, 15) is 9.90 Å². The molecule has 7 nitrogen and oxygen atoms in total.